The van der Waals surface area contributed by atoms with Gasteiger partial charge in [-0.25, -0.2) is 4.79 Å². The zero-order chi connectivity index (χ0) is 75.5. The molecule has 0 aromatic heterocycles. The average Bonchev–Trinajstić information content (AvgIpc) is 1.74. The number of halogens is 5. The standard InChI is InChI=1S/C69H114Cl2N4O21.C2HF3O2/c1-5-25-95-56-59(96-26-6-2)55-75(3,4)24-10-22-72-64(77)17-27-82-29-31-84-33-35-86-37-39-88-41-43-90-45-47-92-49-51-94-52-50-93-48-46-91-44-42-89-40-38-87-36-34-85-32-30-83-28-18-65(78)73-23-21-69(19-7-8-20-69)68(81)74-62(67(79)80)53-57-13-15-58(16-14-57)54-63(76)66-60(70)11-9-12-61(66)71;3-2(4,5)1(6)7/h9,11-16,59,62H,5-8,10,17-56H2,1-4H3,(H3-,72,73,74,77,78,79,80,81);(H,6,7)/t59?,62-;/m0./s1. The number of ketones is 1. The van der Waals surface area contributed by atoms with Crippen molar-refractivity contribution in [2.24, 2.45) is 5.41 Å². The van der Waals surface area contributed by atoms with Gasteiger partial charge in [0.25, 0.3) is 0 Å². The van der Waals surface area contributed by atoms with Crippen LogP contribution in [0.2, 0.25) is 10.0 Å². The summed E-state index contributed by atoms with van der Waals surface area (Å²) in [5, 5.41) is 28.0. The van der Waals surface area contributed by atoms with Crippen LogP contribution >= 0.6 is 23.2 Å². The number of aliphatic carboxylic acids is 2. The van der Waals surface area contributed by atoms with E-state index in [1.807, 2.05) is 0 Å². The van der Waals surface area contributed by atoms with Gasteiger partial charge in [0.15, 0.2) is 5.78 Å². The van der Waals surface area contributed by atoms with Crippen molar-refractivity contribution in [2.45, 2.75) is 109 Å². The van der Waals surface area contributed by atoms with Crippen LogP contribution in [0.4, 0.5) is 13.2 Å². The van der Waals surface area contributed by atoms with Gasteiger partial charge in [-0.15, -0.1) is 0 Å². The highest BCUT2D eigenvalue weighted by atomic mass is 35.5. The smallest absolute Gasteiger partial charge is 0.430 e. The lowest BCUT2D eigenvalue weighted by molar-refractivity contribution is -0.893. The largest absolute Gasteiger partial charge is 0.542 e. The highest BCUT2D eigenvalue weighted by Crippen LogP contribution is 2.41. The molecule has 0 bridgehead atoms. The monoisotopic (exact) mass is 1520 g/mol. The number of ether oxygens (including phenoxy) is 15. The fraction of sp³-hybridized carbons (Fsp3) is 0.746. The van der Waals surface area contributed by atoms with Crippen molar-refractivity contribution in [1.82, 2.24) is 16.0 Å². The van der Waals surface area contributed by atoms with E-state index in [4.69, 9.17) is 104 Å². The summed E-state index contributed by atoms with van der Waals surface area (Å²) in [6.07, 6.45) is 1.57. The second kappa shape index (κ2) is 60.2. The highest BCUT2D eigenvalue weighted by molar-refractivity contribution is 6.39. The SMILES string of the molecule is CCCOCC(C[N+](C)(C)CCCNC(=O)CCOCCOCCOCCOCCOCCOCCOCCOCCOCCOCCOCCOCCOCCC(=O)NCCC1(C(=O)N[C@@H](Cc2ccc(CC(=O)c3c(Cl)cccc3Cl)cc2)C(=O)O)CCCC1)OCCC.O=C([O-])C(F)(F)F. The van der Waals surface area contributed by atoms with Crippen LogP contribution in [-0.2, 0) is 108 Å². The van der Waals surface area contributed by atoms with Gasteiger partial charge in [0.05, 0.1) is 220 Å². The minimum Gasteiger partial charge on any atom is -0.542 e. The number of carbonyl (C=O) groups is 6. The zero-order valence-electron chi connectivity index (χ0n) is 60.8. The summed E-state index contributed by atoms with van der Waals surface area (Å²) < 4.78 is 116. The molecule has 3 amide bonds. The van der Waals surface area contributed by atoms with Gasteiger partial charge in [-0.2, -0.15) is 13.2 Å². The van der Waals surface area contributed by atoms with Gasteiger partial charge < -0.3 is 106 Å². The number of rotatable bonds is 66. The molecular weight excluding hydrogens is 1400 g/mol. The molecule has 1 unspecified atom stereocenters. The van der Waals surface area contributed by atoms with Crippen LogP contribution in [-0.4, -0.2) is 295 Å². The van der Waals surface area contributed by atoms with Crippen molar-refractivity contribution < 1.29 is 128 Å². The summed E-state index contributed by atoms with van der Waals surface area (Å²) in [6, 6.07) is 10.7. The van der Waals surface area contributed by atoms with Crippen LogP contribution in [0.5, 0.6) is 0 Å². The topological polar surface area (TPSA) is 320 Å². The van der Waals surface area contributed by atoms with Crippen LogP contribution in [0.15, 0.2) is 42.5 Å². The van der Waals surface area contributed by atoms with E-state index in [0.717, 1.165) is 62.9 Å². The Labute approximate surface area is 615 Å². The number of carboxylic acids is 2. The Morgan fingerprint density at radius 2 is 0.913 bits per heavy atom. The second-order valence-electron chi connectivity index (χ2n) is 24.5. The van der Waals surface area contributed by atoms with E-state index in [1.165, 1.54) is 0 Å². The summed E-state index contributed by atoms with van der Waals surface area (Å²) >= 11 is 12.4. The van der Waals surface area contributed by atoms with E-state index in [-0.39, 0.29) is 77.6 Å². The van der Waals surface area contributed by atoms with Crippen LogP contribution < -0.4 is 21.1 Å². The lowest BCUT2D eigenvalue weighted by Gasteiger charge is -2.33. The molecule has 2 atom stereocenters. The number of carbonyl (C=O) groups excluding carboxylic acids is 5. The first kappa shape index (κ1) is 94.3. The molecule has 2 aromatic rings. The normalized spacial score (nSPS) is 13.5. The molecule has 0 saturated heterocycles. The van der Waals surface area contributed by atoms with Crippen molar-refractivity contribution in [3.8, 4) is 0 Å². The number of Topliss-reactive ketones (excluding diaryl/α,β-unsaturated/α-hetero) is 1. The first-order valence-corrected chi connectivity index (χ1v) is 36.3. The summed E-state index contributed by atoms with van der Waals surface area (Å²) in [5.74, 6) is -4.94. The number of nitrogens with zero attached hydrogens (tertiary/aromatic N) is 1. The van der Waals surface area contributed by atoms with E-state index in [0.29, 0.717) is 215 Å². The molecule has 32 heteroatoms. The van der Waals surface area contributed by atoms with Gasteiger partial charge in [0.1, 0.15) is 24.7 Å². The van der Waals surface area contributed by atoms with Crippen molar-refractivity contribution in [3.05, 3.63) is 69.2 Å². The van der Waals surface area contributed by atoms with E-state index >= 15 is 0 Å². The number of alkyl halides is 3. The highest BCUT2D eigenvalue weighted by Gasteiger charge is 2.42. The lowest BCUT2D eigenvalue weighted by atomic mass is 9.81. The molecular formula is C71H115Cl2F3N4O23. The Bertz CT molecular complexity index is 2530. The van der Waals surface area contributed by atoms with E-state index < -0.39 is 29.6 Å². The molecule has 0 radical (unpaired) electrons. The quantitative estimate of drug-likeness (QED) is 0.0351. The Morgan fingerprint density at radius 1 is 0.544 bits per heavy atom. The number of amides is 3. The number of nitrogens with one attached hydrogen (secondary N) is 3. The van der Waals surface area contributed by atoms with E-state index in [9.17, 15) is 42.3 Å². The van der Waals surface area contributed by atoms with Gasteiger partial charge >= 0.3 is 12.1 Å². The van der Waals surface area contributed by atoms with Crippen molar-refractivity contribution >= 4 is 58.6 Å². The van der Waals surface area contributed by atoms with Crippen molar-refractivity contribution in [1.29, 1.82) is 0 Å². The molecule has 1 saturated carbocycles. The third kappa shape index (κ3) is 49.6. The molecule has 0 spiro atoms. The number of benzene rings is 2. The Morgan fingerprint density at radius 3 is 1.28 bits per heavy atom. The van der Waals surface area contributed by atoms with E-state index in [2.05, 4.69) is 43.9 Å². The molecule has 3 rings (SSSR count). The fourth-order valence-electron chi connectivity index (χ4n) is 10.1. The molecule has 1 aliphatic carbocycles. The molecule has 4 N–H and O–H groups in total. The average molecular weight is 1520 g/mol. The van der Waals surface area contributed by atoms with Gasteiger partial charge in [0.2, 0.25) is 17.7 Å². The van der Waals surface area contributed by atoms with Gasteiger partial charge in [-0.3, -0.25) is 19.2 Å². The first-order chi connectivity index (χ1) is 49.6. The predicted octanol–water partition coefficient (Wildman–Crippen LogP) is 5.70. The van der Waals surface area contributed by atoms with Gasteiger partial charge in [-0.1, -0.05) is 80.2 Å². The number of likely N-dealkylation sites (N-methyl/N-ethyl adjacent to an activating group) is 1. The van der Waals surface area contributed by atoms with Gasteiger partial charge in [0, 0.05) is 58.4 Å². The minimum absolute atomic E-state index is 0.0134. The molecule has 1 aliphatic rings. The first-order valence-electron chi connectivity index (χ1n) is 35.5. The summed E-state index contributed by atoms with van der Waals surface area (Å²) in [7, 11) is 4.38. The third-order valence-corrected chi connectivity index (χ3v) is 16.1. The molecule has 592 valence electrons. The number of quaternary nitrogens is 1. The summed E-state index contributed by atoms with van der Waals surface area (Å²) in [4.78, 5) is 72.5. The number of carboxylic acid groups (broad SMARTS) is 2. The number of hydrogen-bond donors (Lipinski definition) is 4. The molecule has 27 nitrogen and oxygen atoms in total. The number of hydrogen-bond acceptors (Lipinski definition) is 22. The molecule has 1 fully saturated rings. The van der Waals surface area contributed by atoms with Gasteiger partial charge in [-0.05, 0) is 55.4 Å². The Kier molecular flexibility index (Phi) is 55.1. The van der Waals surface area contributed by atoms with Crippen LogP contribution in [0.25, 0.3) is 0 Å². The Balaban J connectivity index is 0.00000487. The summed E-state index contributed by atoms with van der Waals surface area (Å²) in [5.41, 5.74) is 0.871. The zero-order valence-corrected chi connectivity index (χ0v) is 62.3. The van der Waals surface area contributed by atoms with Crippen LogP contribution in [0.3, 0.4) is 0 Å². The lowest BCUT2D eigenvalue weighted by Crippen LogP contribution is -2.49. The van der Waals surface area contributed by atoms with Crippen LogP contribution in [0, 0.1) is 5.41 Å². The minimum atomic E-state index is -5.19. The Hall–Kier alpha value is -4.81. The molecule has 103 heavy (non-hydrogen) atoms. The summed E-state index contributed by atoms with van der Waals surface area (Å²) in [6.45, 7) is 20.0. The van der Waals surface area contributed by atoms with E-state index in [1.54, 1.807) is 42.5 Å². The van der Waals surface area contributed by atoms with Crippen molar-refractivity contribution in [2.75, 3.05) is 232 Å². The predicted molar refractivity (Wildman–Crippen MR) is 374 cm³/mol. The maximum absolute atomic E-state index is 13.7. The fourth-order valence-corrected chi connectivity index (χ4v) is 10.7. The van der Waals surface area contributed by atoms with Crippen LogP contribution in [0.1, 0.15) is 99.5 Å². The molecule has 2 aromatic carbocycles. The molecule has 0 heterocycles. The molecule has 0 aliphatic heterocycles. The maximum Gasteiger partial charge on any atom is 0.430 e. The third-order valence-electron chi connectivity index (χ3n) is 15.5. The second-order valence-corrected chi connectivity index (χ2v) is 25.3. The van der Waals surface area contributed by atoms with Crippen molar-refractivity contribution in [3.63, 3.8) is 0 Å². The maximum atomic E-state index is 13.7.